The summed E-state index contributed by atoms with van der Waals surface area (Å²) in [6, 6.07) is 10.7. The van der Waals surface area contributed by atoms with E-state index >= 15 is 0 Å². The highest BCUT2D eigenvalue weighted by molar-refractivity contribution is 7.90. The molecule has 0 unspecified atom stereocenters. The van der Waals surface area contributed by atoms with E-state index < -0.39 is 9.84 Å². The highest BCUT2D eigenvalue weighted by Crippen LogP contribution is 2.28. The van der Waals surface area contributed by atoms with Gasteiger partial charge < -0.3 is 10.1 Å². The molecule has 0 radical (unpaired) electrons. The molecule has 0 aliphatic heterocycles. The molecule has 28 heavy (non-hydrogen) atoms. The predicted molar refractivity (Wildman–Crippen MR) is 112 cm³/mol. The van der Waals surface area contributed by atoms with Crippen molar-refractivity contribution in [3.05, 3.63) is 47.5 Å². The molecule has 3 rings (SSSR count). The van der Waals surface area contributed by atoms with E-state index in [1.165, 1.54) is 23.0 Å². The minimum Gasteiger partial charge on any atom is -0.493 e. The number of anilines is 1. The van der Waals surface area contributed by atoms with E-state index in [0.29, 0.717) is 30.1 Å². The quantitative estimate of drug-likeness (QED) is 0.584. The van der Waals surface area contributed by atoms with Crippen LogP contribution in [0, 0.1) is 13.8 Å². The number of hydrogen-bond acceptors (Lipinski definition) is 6. The van der Waals surface area contributed by atoms with Crippen molar-refractivity contribution in [2.24, 2.45) is 0 Å². The number of hydrogen-bond donors (Lipinski definition) is 1. The largest absolute Gasteiger partial charge is 0.493 e. The fraction of sp³-hybridized carbons (Fsp3) is 0.300. The first-order valence-electron chi connectivity index (χ1n) is 8.83. The molecule has 148 valence electrons. The van der Waals surface area contributed by atoms with Crippen molar-refractivity contribution < 1.29 is 17.9 Å². The zero-order chi connectivity index (χ0) is 20.3. The summed E-state index contributed by atoms with van der Waals surface area (Å²) in [5.41, 5.74) is 2.94. The Labute approximate surface area is 168 Å². The third-order valence-electron chi connectivity index (χ3n) is 4.40. The van der Waals surface area contributed by atoms with Crippen LogP contribution in [0.25, 0.3) is 10.2 Å². The summed E-state index contributed by atoms with van der Waals surface area (Å²) in [7, 11) is -3.27. The minimum atomic E-state index is -3.27. The van der Waals surface area contributed by atoms with E-state index in [4.69, 9.17) is 4.74 Å². The molecule has 6 nitrogen and oxygen atoms in total. The molecule has 8 heteroatoms. The Hall–Kier alpha value is -2.45. The van der Waals surface area contributed by atoms with Gasteiger partial charge in [0.1, 0.15) is 5.75 Å². The minimum absolute atomic E-state index is 0.146. The highest BCUT2D eigenvalue weighted by atomic mass is 32.2. The molecular formula is C20H22N2O4S2. The Morgan fingerprint density at radius 3 is 2.75 bits per heavy atom. The highest BCUT2D eigenvalue weighted by Gasteiger charge is 2.12. The van der Waals surface area contributed by atoms with Crippen LogP contribution in [0.4, 0.5) is 5.13 Å². The van der Waals surface area contributed by atoms with Crippen molar-refractivity contribution in [1.82, 2.24) is 4.98 Å². The number of nitrogens with one attached hydrogen (secondary N) is 1. The monoisotopic (exact) mass is 418 g/mol. The zero-order valence-electron chi connectivity index (χ0n) is 16.0. The Morgan fingerprint density at radius 2 is 2.00 bits per heavy atom. The third kappa shape index (κ3) is 4.88. The number of benzene rings is 2. The van der Waals surface area contributed by atoms with E-state index in [-0.39, 0.29) is 10.8 Å². The number of fused-ring (bicyclic) bond motifs is 1. The van der Waals surface area contributed by atoms with Crippen LogP contribution in [0.3, 0.4) is 0 Å². The van der Waals surface area contributed by atoms with Gasteiger partial charge >= 0.3 is 0 Å². The van der Waals surface area contributed by atoms with Crippen LogP contribution in [0.1, 0.15) is 24.0 Å². The summed E-state index contributed by atoms with van der Waals surface area (Å²) in [5.74, 6) is 0.695. The van der Waals surface area contributed by atoms with Gasteiger partial charge in [-0.05, 0) is 55.7 Å². The van der Waals surface area contributed by atoms with Crippen molar-refractivity contribution >= 4 is 42.4 Å². The van der Waals surface area contributed by atoms with Crippen LogP contribution >= 0.6 is 11.3 Å². The van der Waals surface area contributed by atoms with Crippen molar-refractivity contribution in [3.8, 4) is 5.75 Å². The number of carbonyl (C=O) groups excluding carboxylic acids is 1. The maximum Gasteiger partial charge on any atom is 0.226 e. The molecule has 0 saturated heterocycles. The van der Waals surface area contributed by atoms with Crippen LogP contribution in [0.15, 0.2) is 41.3 Å². The molecule has 1 aromatic heterocycles. The summed E-state index contributed by atoms with van der Waals surface area (Å²) in [4.78, 5) is 16.7. The number of thiazole rings is 1. The van der Waals surface area contributed by atoms with Crippen LogP contribution < -0.4 is 10.1 Å². The van der Waals surface area contributed by atoms with Gasteiger partial charge in [0.15, 0.2) is 15.0 Å². The van der Waals surface area contributed by atoms with Gasteiger partial charge in [0, 0.05) is 12.7 Å². The number of aryl methyl sites for hydroxylation is 1. The van der Waals surface area contributed by atoms with Gasteiger partial charge in [0.25, 0.3) is 0 Å². The van der Waals surface area contributed by atoms with E-state index in [1.54, 1.807) is 12.1 Å². The lowest BCUT2D eigenvalue weighted by Crippen LogP contribution is -2.12. The van der Waals surface area contributed by atoms with Gasteiger partial charge in [-0.15, -0.1) is 0 Å². The first kappa shape index (κ1) is 20.3. The number of sulfone groups is 1. The van der Waals surface area contributed by atoms with Crippen LogP contribution in [0.5, 0.6) is 5.75 Å². The third-order valence-corrected chi connectivity index (χ3v) is 6.44. The fourth-order valence-electron chi connectivity index (χ4n) is 2.67. The first-order chi connectivity index (χ1) is 13.2. The normalized spacial score (nSPS) is 11.5. The molecule has 0 spiro atoms. The number of nitrogens with zero attached hydrogens (tertiary/aromatic N) is 1. The van der Waals surface area contributed by atoms with Crippen LogP contribution in [0.2, 0.25) is 0 Å². The van der Waals surface area contributed by atoms with Crippen LogP contribution in [-0.2, 0) is 14.6 Å². The second-order valence-electron chi connectivity index (χ2n) is 6.62. The average molecular weight is 419 g/mol. The van der Waals surface area contributed by atoms with E-state index in [0.717, 1.165) is 22.3 Å². The average Bonchev–Trinajstić information content (AvgIpc) is 3.02. The number of rotatable bonds is 7. The number of amides is 1. The molecule has 1 heterocycles. The predicted octanol–water partition coefficient (Wildman–Crippen LogP) is 4.11. The van der Waals surface area contributed by atoms with Gasteiger partial charge in [-0.3, -0.25) is 4.79 Å². The summed E-state index contributed by atoms with van der Waals surface area (Å²) >= 11 is 1.26. The smallest absolute Gasteiger partial charge is 0.226 e. The summed E-state index contributed by atoms with van der Waals surface area (Å²) in [6.45, 7) is 4.50. The molecule has 0 aliphatic rings. The van der Waals surface area contributed by atoms with Crippen molar-refractivity contribution in [1.29, 1.82) is 0 Å². The second kappa shape index (κ2) is 8.28. The maximum absolute atomic E-state index is 12.2. The van der Waals surface area contributed by atoms with Gasteiger partial charge in [-0.1, -0.05) is 23.5 Å². The van der Waals surface area contributed by atoms with Gasteiger partial charge in [0.05, 0.1) is 21.7 Å². The lowest BCUT2D eigenvalue weighted by atomic mass is 10.1. The molecular weight excluding hydrogens is 396 g/mol. The van der Waals surface area contributed by atoms with Crippen molar-refractivity contribution in [2.45, 2.75) is 31.6 Å². The maximum atomic E-state index is 12.2. The molecule has 0 aliphatic carbocycles. The fourth-order valence-corrected chi connectivity index (χ4v) is 4.31. The van der Waals surface area contributed by atoms with Crippen molar-refractivity contribution in [2.75, 3.05) is 18.2 Å². The topological polar surface area (TPSA) is 85.4 Å². The molecule has 3 aromatic rings. The van der Waals surface area contributed by atoms with Gasteiger partial charge in [-0.25, -0.2) is 13.4 Å². The zero-order valence-corrected chi connectivity index (χ0v) is 17.6. The van der Waals surface area contributed by atoms with Gasteiger partial charge in [0.2, 0.25) is 5.91 Å². The molecule has 0 saturated carbocycles. The Morgan fingerprint density at radius 1 is 1.21 bits per heavy atom. The Balaban J connectivity index is 1.54. The molecule has 0 bridgehead atoms. The molecule has 1 N–H and O–H groups in total. The lowest BCUT2D eigenvalue weighted by molar-refractivity contribution is -0.116. The molecule has 1 amide bonds. The first-order valence-corrected chi connectivity index (χ1v) is 11.5. The van der Waals surface area contributed by atoms with Crippen molar-refractivity contribution in [3.63, 3.8) is 0 Å². The standard InChI is InChI=1S/C20H22N2O4S2/c1-13-6-4-7-17(14(13)2)26-11-5-8-19(23)22-20-21-16-10-9-15(28(3,24)25)12-18(16)27-20/h4,6-7,9-10,12H,5,8,11H2,1-3H3,(H,21,22,23). The number of carbonyl (C=O) groups is 1. The number of ether oxygens (including phenoxy) is 1. The molecule has 0 atom stereocenters. The summed E-state index contributed by atoms with van der Waals surface area (Å²) in [6.07, 6.45) is 2.07. The summed E-state index contributed by atoms with van der Waals surface area (Å²) in [5, 5.41) is 3.23. The SMILES string of the molecule is Cc1cccc(OCCCC(=O)Nc2nc3ccc(S(C)(=O)=O)cc3s2)c1C. The van der Waals surface area contributed by atoms with Gasteiger partial charge in [-0.2, -0.15) is 0 Å². The Bertz CT molecular complexity index is 1120. The lowest BCUT2D eigenvalue weighted by Gasteiger charge is -2.10. The van der Waals surface area contributed by atoms with E-state index in [1.807, 2.05) is 32.0 Å². The van der Waals surface area contributed by atoms with E-state index in [9.17, 15) is 13.2 Å². The molecule has 0 fully saturated rings. The summed E-state index contributed by atoms with van der Waals surface area (Å²) < 4.78 is 29.8. The van der Waals surface area contributed by atoms with E-state index in [2.05, 4.69) is 10.3 Å². The second-order valence-corrected chi connectivity index (χ2v) is 9.67. The molecule has 2 aromatic carbocycles. The van der Waals surface area contributed by atoms with Crippen LogP contribution in [-0.4, -0.2) is 32.2 Å². The number of aromatic nitrogens is 1. The Kier molecular flexibility index (Phi) is 6.00.